The van der Waals surface area contributed by atoms with Gasteiger partial charge < -0.3 is 10.6 Å². The molecule has 1 aliphatic heterocycles. The SMILES string of the molecule is NC(=O)c1nn(CC(=O)N2[C@@H]3C[C@@H]3C[C@H]2C(=O)Cc2cccc(Br)c2F)c2cnccc12. The van der Waals surface area contributed by atoms with Crippen LogP contribution in [0.3, 0.4) is 0 Å². The van der Waals surface area contributed by atoms with Gasteiger partial charge in [-0.1, -0.05) is 12.1 Å². The summed E-state index contributed by atoms with van der Waals surface area (Å²) in [7, 11) is 0. The molecule has 32 heavy (non-hydrogen) atoms. The summed E-state index contributed by atoms with van der Waals surface area (Å²) in [5.74, 6) is -1.33. The zero-order valence-corrected chi connectivity index (χ0v) is 18.5. The van der Waals surface area contributed by atoms with Gasteiger partial charge in [-0.15, -0.1) is 0 Å². The maximum Gasteiger partial charge on any atom is 0.269 e. The number of likely N-dealkylation sites (tertiary alicyclic amines) is 1. The number of carbonyl (C=O) groups is 3. The summed E-state index contributed by atoms with van der Waals surface area (Å²) in [5.41, 5.74) is 6.30. The van der Waals surface area contributed by atoms with Crippen molar-refractivity contribution in [1.29, 1.82) is 0 Å². The van der Waals surface area contributed by atoms with Crippen molar-refractivity contribution in [3.8, 4) is 0 Å². The van der Waals surface area contributed by atoms with Crippen molar-refractivity contribution >= 4 is 44.4 Å². The molecule has 3 aromatic rings. The Morgan fingerprint density at radius 2 is 2.03 bits per heavy atom. The van der Waals surface area contributed by atoms with E-state index in [0.717, 1.165) is 6.42 Å². The third-order valence-electron chi connectivity index (χ3n) is 6.23. The number of pyridine rings is 1. The molecule has 1 saturated heterocycles. The van der Waals surface area contributed by atoms with E-state index in [0.29, 0.717) is 27.4 Å². The molecule has 2 N–H and O–H groups in total. The Labute approximate surface area is 190 Å². The number of hydrogen-bond donors (Lipinski definition) is 1. The molecule has 1 aliphatic carbocycles. The molecule has 3 heterocycles. The number of carbonyl (C=O) groups excluding carboxylic acids is 3. The highest BCUT2D eigenvalue weighted by atomic mass is 79.9. The second kappa shape index (κ2) is 7.77. The van der Waals surface area contributed by atoms with Gasteiger partial charge in [0.25, 0.3) is 5.91 Å². The number of halogens is 2. The Morgan fingerprint density at radius 1 is 1.22 bits per heavy atom. The van der Waals surface area contributed by atoms with E-state index in [1.165, 1.54) is 17.1 Å². The number of primary amides is 1. The first-order valence-corrected chi connectivity index (χ1v) is 11.0. The first-order chi connectivity index (χ1) is 15.3. The van der Waals surface area contributed by atoms with Crippen LogP contribution in [0.15, 0.2) is 41.1 Å². The van der Waals surface area contributed by atoms with E-state index in [1.807, 2.05) is 0 Å². The van der Waals surface area contributed by atoms with Crippen LogP contribution in [0.4, 0.5) is 4.39 Å². The van der Waals surface area contributed by atoms with Crippen LogP contribution in [-0.2, 0) is 22.6 Å². The highest BCUT2D eigenvalue weighted by molar-refractivity contribution is 9.10. The summed E-state index contributed by atoms with van der Waals surface area (Å²) < 4.78 is 16.1. The van der Waals surface area contributed by atoms with Crippen LogP contribution in [0.1, 0.15) is 28.9 Å². The van der Waals surface area contributed by atoms with Crippen molar-refractivity contribution in [3.05, 3.63) is 58.2 Å². The van der Waals surface area contributed by atoms with Crippen LogP contribution in [0.5, 0.6) is 0 Å². The Balaban J connectivity index is 1.39. The molecule has 1 saturated carbocycles. The predicted molar refractivity (Wildman–Crippen MR) is 116 cm³/mol. The van der Waals surface area contributed by atoms with Gasteiger partial charge in [0.05, 0.1) is 22.2 Å². The van der Waals surface area contributed by atoms with E-state index in [2.05, 4.69) is 26.0 Å². The number of hydrogen-bond acceptors (Lipinski definition) is 5. The molecular formula is C22H19BrFN5O3. The molecule has 0 spiro atoms. The Hall–Kier alpha value is -3.14. The molecule has 1 aromatic carbocycles. The summed E-state index contributed by atoms with van der Waals surface area (Å²) in [5, 5.41) is 4.73. The molecule has 0 unspecified atom stereocenters. The van der Waals surface area contributed by atoms with Gasteiger partial charge in [0.2, 0.25) is 5.91 Å². The van der Waals surface area contributed by atoms with Gasteiger partial charge in [0, 0.05) is 24.0 Å². The number of nitrogens with two attached hydrogens (primary N) is 1. The third-order valence-corrected chi connectivity index (χ3v) is 6.85. The zero-order valence-electron chi connectivity index (χ0n) is 16.9. The molecule has 3 atom stereocenters. The molecule has 2 aliphatic rings. The van der Waals surface area contributed by atoms with E-state index in [1.54, 1.807) is 29.2 Å². The molecular weight excluding hydrogens is 481 g/mol. The fourth-order valence-corrected chi connectivity index (χ4v) is 5.03. The lowest BCUT2D eigenvalue weighted by molar-refractivity contribution is -0.139. The van der Waals surface area contributed by atoms with Crippen LogP contribution in [-0.4, -0.2) is 49.3 Å². The fourth-order valence-electron chi connectivity index (χ4n) is 4.63. The van der Waals surface area contributed by atoms with Crippen molar-refractivity contribution < 1.29 is 18.8 Å². The van der Waals surface area contributed by atoms with Gasteiger partial charge in [-0.3, -0.25) is 24.0 Å². The lowest BCUT2D eigenvalue weighted by atomic mass is 10.00. The largest absolute Gasteiger partial charge is 0.364 e. The average molecular weight is 500 g/mol. The van der Waals surface area contributed by atoms with Crippen molar-refractivity contribution in [1.82, 2.24) is 19.7 Å². The topological polar surface area (TPSA) is 111 Å². The molecule has 2 aromatic heterocycles. The Bertz CT molecular complexity index is 1280. The zero-order chi connectivity index (χ0) is 22.6. The molecule has 2 fully saturated rings. The monoisotopic (exact) mass is 499 g/mol. The smallest absolute Gasteiger partial charge is 0.269 e. The van der Waals surface area contributed by atoms with Crippen LogP contribution in [0.2, 0.25) is 0 Å². The molecule has 164 valence electrons. The Morgan fingerprint density at radius 3 is 2.81 bits per heavy atom. The highest BCUT2D eigenvalue weighted by Gasteiger charge is 2.55. The number of ketones is 1. The van der Waals surface area contributed by atoms with Gasteiger partial charge in [-0.25, -0.2) is 4.39 Å². The summed E-state index contributed by atoms with van der Waals surface area (Å²) in [4.78, 5) is 43.7. The van der Waals surface area contributed by atoms with Gasteiger partial charge in [0.1, 0.15) is 12.4 Å². The normalized spacial score (nSPS) is 21.6. The first-order valence-electron chi connectivity index (χ1n) is 10.2. The molecule has 5 rings (SSSR count). The maximum absolute atomic E-state index is 14.4. The standard InChI is InChI=1S/C22H19BrFN5O3/c23-14-3-1-2-11(20(14)24)8-18(30)16-7-12-6-15(12)29(16)19(31)10-28-17-9-26-5-4-13(17)21(27-28)22(25)32/h1-5,9,12,15-16H,6-8,10H2,(H2,25,32)/t12-,15-,16+/m1/s1. The molecule has 8 nitrogen and oxygen atoms in total. The third kappa shape index (κ3) is 3.48. The summed E-state index contributed by atoms with van der Waals surface area (Å²) in [6, 6.07) is 5.87. The number of piperidine rings is 1. The van der Waals surface area contributed by atoms with Gasteiger partial charge in [-0.05, 0) is 52.4 Å². The summed E-state index contributed by atoms with van der Waals surface area (Å²) in [6.07, 6.45) is 4.39. The average Bonchev–Trinajstić information content (AvgIpc) is 3.27. The Kier molecular flexibility index (Phi) is 5.04. The van der Waals surface area contributed by atoms with Gasteiger partial charge in [-0.2, -0.15) is 5.10 Å². The molecule has 0 bridgehead atoms. The number of amides is 2. The predicted octanol–water partition coefficient (Wildman–Crippen LogP) is 2.23. The number of fused-ring (bicyclic) bond motifs is 2. The van der Waals surface area contributed by atoms with Crippen LogP contribution >= 0.6 is 15.9 Å². The number of nitrogens with zero attached hydrogens (tertiary/aromatic N) is 4. The number of benzene rings is 1. The minimum atomic E-state index is -0.695. The second-order valence-corrected chi connectivity index (χ2v) is 9.09. The van der Waals surface area contributed by atoms with Gasteiger partial charge >= 0.3 is 0 Å². The van der Waals surface area contributed by atoms with E-state index in [4.69, 9.17) is 5.73 Å². The van der Waals surface area contributed by atoms with E-state index in [-0.39, 0.29) is 42.3 Å². The van der Waals surface area contributed by atoms with Crippen molar-refractivity contribution in [2.75, 3.05) is 0 Å². The number of Topliss-reactive ketones (excluding diaryl/α,β-unsaturated/α-hetero) is 1. The van der Waals surface area contributed by atoms with Crippen LogP contribution in [0.25, 0.3) is 10.9 Å². The van der Waals surface area contributed by atoms with Crippen LogP contribution < -0.4 is 5.73 Å². The van der Waals surface area contributed by atoms with E-state index < -0.39 is 17.8 Å². The second-order valence-electron chi connectivity index (χ2n) is 8.24. The molecule has 0 radical (unpaired) electrons. The van der Waals surface area contributed by atoms with Crippen LogP contribution in [0, 0.1) is 11.7 Å². The number of aromatic nitrogens is 3. The van der Waals surface area contributed by atoms with Crippen molar-refractivity contribution in [3.63, 3.8) is 0 Å². The lowest BCUT2D eigenvalue weighted by Gasteiger charge is -2.27. The highest BCUT2D eigenvalue weighted by Crippen LogP contribution is 2.48. The van der Waals surface area contributed by atoms with E-state index >= 15 is 0 Å². The lowest BCUT2D eigenvalue weighted by Crippen LogP contribution is -2.45. The summed E-state index contributed by atoms with van der Waals surface area (Å²) in [6.45, 7) is -0.145. The fraction of sp³-hybridized carbons (Fsp3) is 0.318. The minimum absolute atomic E-state index is 0.0133. The quantitative estimate of drug-likeness (QED) is 0.558. The summed E-state index contributed by atoms with van der Waals surface area (Å²) >= 11 is 3.14. The molecule has 2 amide bonds. The van der Waals surface area contributed by atoms with Crippen molar-refractivity contribution in [2.45, 2.75) is 37.9 Å². The van der Waals surface area contributed by atoms with Crippen molar-refractivity contribution in [2.24, 2.45) is 11.7 Å². The van der Waals surface area contributed by atoms with Gasteiger partial charge in [0.15, 0.2) is 11.5 Å². The maximum atomic E-state index is 14.4. The first kappa shape index (κ1) is 20.7. The van der Waals surface area contributed by atoms with E-state index in [9.17, 15) is 18.8 Å². The number of rotatable bonds is 6. The minimum Gasteiger partial charge on any atom is -0.364 e. The molecule has 10 heteroatoms.